The number of rotatable bonds is 6. The molecule has 0 spiro atoms. The number of amides is 1. The second-order valence-electron chi connectivity index (χ2n) is 6.37. The fourth-order valence-corrected chi connectivity index (χ4v) is 3.42. The summed E-state index contributed by atoms with van der Waals surface area (Å²) >= 11 is 0. The lowest BCUT2D eigenvalue weighted by molar-refractivity contribution is -0.151. The largest absolute Gasteiger partial charge is 0.466 e. The minimum Gasteiger partial charge on any atom is -0.466 e. The van der Waals surface area contributed by atoms with Crippen LogP contribution in [0.15, 0.2) is 0 Å². The zero-order chi connectivity index (χ0) is 17.7. The number of hydrogen-bond acceptors (Lipinski definition) is 4. The number of ether oxygens (including phenoxy) is 1. The van der Waals surface area contributed by atoms with Gasteiger partial charge in [-0.25, -0.2) is 0 Å². The Balaban J connectivity index is 1.84. The fraction of sp³-hybridized carbons (Fsp3) is 0.722. The summed E-state index contributed by atoms with van der Waals surface area (Å²) in [6, 6.07) is 0. The van der Waals surface area contributed by atoms with Gasteiger partial charge in [0, 0.05) is 31.7 Å². The molecule has 1 saturated heterocycles. The van der Waals surface area contributed by atoms with Crippen LogP contribution in [0, 0.1) is 19.8 Å². The van der Waals surface area contributed by atoms with E-state index < -0.39 is 0 Å². The minimum atomic E-state index is -0.122. The number of hydrogen-bond donors (Lipinski definition) is 0. The van der Waals surface area contributed by atoms with E-state index in [1.54, 1.807) is 0 Å². The molecule has 1 aromatic rings. The van der Waals surface area contributed by atoms with Crippen molar-refractivity contribution in [2.75, 3.05) is 19.7 Å². The average Bonchev–Trinajstić information content (AvgIpc) is 2.86. The van der Waals surface area contributed by atoms with E-state index in [1.807, 2.05) is 23.4 Å². The number of nitrogens with zero attached hydrogens (tertiary/aromatic N) is 3. The Morgan fingerprint density at radius 1 is 1.21 bits per heavy atom. The number of aromatic nitrogens is 2. The third-order valence-corrected chi connectivity index (χ3v) is 4.89. The molecule has 6 nitrogen and oxygen atoms in total. The van der Waals surface area contributed by atoms with E-state index in [1.165, 1.54) is 5.56 Å². The SMILES string of the molecule is CCOC(=O)C1CCN(C(=O)CCc2c(C)nn(CC)c2C)CC1. The summed E-state index contributed by atoms with van der Waals surface area (Å²) in [5, 5.41) is 4.51. The van der Waals surface area contributed by atoms with E-state index in [0.717, 1.165) is 24.4 Å². The van der Waals surface area contributed by atoms with Crippen molar-refractivity contribution in [3.63, 3.8) is 0 Å². The number of aryl methyl sites for hydroxylation is 2. The maximum absolute atomic E-state index is 12.5. The highest BCUT2D eigenvalue weighted by Crippen LogP contribution is 2.21. The van der Waals surface area contributed by atoms with Crippen LogP contribution in [-0.2, 0) is 27.3 Å². The van der Waals surface area contributed by atoms with Gasteiger partial charge < -0.3 is 9.64 Å². The van der Waals surface area contributed by atoms with Crippen LogP contribution in [0.25, 0.3) is 0 Å². The Bertz CT molecular complexity index is 587. The van der Waals surface area contributed by atoms with Gasteiger partial charge in [0.2, 0.25) is 5.91 Å². The van der Waals surface area contributed by atoms with Gasteiger partial charge in [-0.2, -0.15) is 5.10 Å². The molecule has 1 aromatic heterocycles. The number of esters is 1. The van der Waals surface area contributed by atoms with Gasteiger partial charge in [-0.1, -0.05) is 0 Å². The molecule has 1 aliphatic heterocycles. The molecule has 6 heteroatoms. The Hall–Kier alpha value is -1.85. The van der Waals surface area contributed by atoms with Gasteiger partial charge >= 0.3 is 5.97 Å². The van der Waals surface area contributed by atoms with Crippen molar-refractivity contribution in [3.8, 4) is 0 Å². The quantitative estimate of drug-likeness (QED) is 0.748. The molecule has 0 atom stereocenters. The van der Waals surface area contributed by atoms with Gasteiger partial charge in [0.25, 0.3) is 0 Å². The lowest BCUT2D eigenvalue weighted by Crippen LogP contribution is -2.40. The molecule has 2 rings (SSSR count). The smallest absolute Gasteiger partial charge is 0.309 e. The van der Waals surface area contributed by atoms with Crippen molar-refractivity contribution in [2.45, 2.75) is 59.9 Å². The van der Waals surface area contributed by atoms with Crippen LogP contribution in [0.1, 0.15) is 50.1 Å². The topological polar surface area (TPSA) is 64.4 Å². The predicted octanol–water partition coefficient (Wildman–Crippen LogP) is 2.25. The molecule has 2 heterocycles. The molecule has 0 saturated carbocycles. The third kappa shape index (κ3) is 4.16. The molecule has 1 fully saturated rings. The molecule has 0 unspecified atom stereocenters. The van der Waals surface area contributed by atoms with Crippen LogP contribution < -0.4 is 0 Å². The van der Waals surface area contributed by atoms with Crippen molar-refractivity contribution in [1.82, 2.24) is 14.7 Å². The van der Waals surface area contributed by atoms with Crippen molar-refractivity contribution < 1.29 is 14.3 Å². The Morgan fingerprint density at radius 3 is 2.42 bits per heavy atom. The summed E-state index contributed by atoms with van der Waals surface area (Å²) in [6.45, 7) is 10.5. The summed E-state index contributed by atoms with van der Waals surface area (Å²) in [4.78, 5) is 26.1. The van der Waals surface area contributed by atoms with E-state index in [4.69, 9.17) is 4.74 Å². The maximum Gasteiger partial charge on any atom is 0.309 e. The van der Waals surface area contributed by atoms with Gasteiger partial charge in [0.05, 0.1) is 18.2 Å². The number of piperidine rings is 1. The molecule has 1 amide bonds. The molecular formula is C18H29N3O3. The lowest BCUT2D eigenvalue weighted by atomic mass is 9.96. The summed E-state index contributed by atoms with van der Waals surface area (Å²) in [5.41, 5.74) is 3.36. The monoisotopic (exact) mass is 335 g/mol. The lowest BCUT2D eigenvalue weighted by Gasteiger charge is -2.31. The van der Waals surface area contributed by atoms with Crippen molar-refractivity contribution >= 4 is 11.9 Å². The van der Waals surface area contributed by atoms with Crippen molar-refractivity contribution in [1.29, 1.82) is 0 Å². The normalized spacial score (nSPS) is 15.6. The van der Waals surface area contributed by atoms with Crippen LogP contribution in [0.4, 0.5) is 0 Å². The Labute approximate surface area is 144 Å². The maximum atomic E-state index is 12.5. The van der Waals surface area contributed by atoms with Gasteiger partial charge in [0.1, 0.15) is 0 Å². The highest BCUT2D eigenvalue weighted by atomic mass is 16.5. The predicted molar refractivity (Wildman–Crippen MR) is 91.6 cm³/mol. The summed E-state index contributed by atoms with van der Waals surface area (Å²) in [6.07, 6.45) is 2.64. The zero-order valence-corrected chi connectivity index (χ0v) is 15.3. The second-order valence-corrected chi connectivity index (χ2v) is 6.37. The number of likely N-dealkylation sites (tertiary alicyclic amines) is 1. The molecule has 0 aromatic carbocycles. The Morgan fingerprint density at radius 2 is 1.88 bits per heavy atom. The molecule has 1 aliphatic rings. The van der Waals surface area contributed by atoms with Gasteiger partial charge in [-0.15, -0.1) is 0 Å². The molecule has 0 N–H and O–H groups in total. The van der Waals surface area contributed by atoms with Crippen LogP contribution in [-0.4, -0.2) is 46.3 Å². The van der Waals surface area contributed by atoms with Crippen LogP contribution in [0.2, 0.25) is 0 Å². The first-order chi connectivity index (χ1) is 11.5. The highest BCUT2D eigenvalue weighted by molar-refractivity contribution is 5.77. The van der Waals surface area contributed by atoms with Gasteiger partial charge in [-0.05, 0) is 52.5 Å². The van der Waals surface area contributed by atoms with E-state index >= 15 is 0 Å². The second kappa shape index (κ2) is 8.31. The summed E-state index contributed by atoms with van der Waals surface area (Å²) in [7, 11) is 0. The standard InChI is InChI=1S/C18H29N3O3/c1-5-21-14(4)16(13(3)19-21)7-8-17(22)20-11-9-15(10-12-20)18(23)24-6-2/h15H,5-12H2,1-4H3. The van der Waals surface area contributed by atoms with Crippen molar-refractivity contribution in [3.05, 3.63) is 17.0 Å². The van der Waals surface area contributed by atoms with Crippen LogP contribution in [0.5, 0.6) is 0 Å². The first kappa shape index (κ1) is 18.5. The molecule has 0 bridgehead atoms. The van der Waals surface area contributed by atoms with E-state index in [-0.39, 0.29) is 17.8 Å². The first-order valence-electron chi connectivity index (χ1n) is 8.95. The molecule has 24 heavy (non-hydrogen) atoms. The Kier molecular flexibility index (Phi) is 6.40. The zero-order valence-electron chi connectivity index (χ0n) is 15.3. The molecule has 134 valence electrons. The van der Waals surface area contributed by atoms with Crippen molar-refractivity contribution in [2.24, 2.45) is 5.92 Å². The van der Waals surface area contributed by atoms with Crippen LogP contribution in [0.3, 0.4) is 0 Å². The molecule has 0 aliphatic carbocycles. The average molecular weight is 335 g/mol. The minimum absolute atomic E-state index is 0.0544. The van der Waals surface area contributed by atoms with Gasteiger partial charge in [0.15, 0.2) is 0 Å². The summed E-state index contributed by atoms with van der Waals surface area (Å²) < 4.78 is 7.06. The molecular weight excluding hydrogens is 306 g/mol. The number of carbonyl (C=O) groups is 2. The van der Waals surface area contributed by atoms with Crippen LogP contribution >= 0.6 is 0 Å². The third-order valence-electron chi connectivity index (χ3n) is 4.89. The number of carbonyl (C=O) groups excluding carboxylic acids is 2. The van der Waals surface area contributed by atoms with E-state index in [0.29, 0.717) is 39.0 Å². The first-order valence-corrected chi connectivity index (χ1v) is 8.95. The molecule has 0 radical (unpaired) electrons. The van der Waals surface area contributed by atoms with E-state index in [2.05, 4.69) is 18.9 Å². The van der Waals surface area contributed by atoms with Gasteiger partial charge in [-0.3, -0.25) is 14.3 Å². The fourth-order valence-electron chi connectivity index (χ4n) is 3.42. The van der Waals surface area contributed by atoms with E-state index in [9.17, 15) is 9.59 Å². The highest BCUT2D eigenvalue weighted by Gasteiger charge is 2.28. The summed E-state index contributed by atoms with van der Waals surface area (Å²) in [5.74, 6) is -0.00976.